The number of aryl methyl sites for hydroxylation is 2. The van der Waals surface area contributed by atoms with Crippen LogP contribution in [0.5, 0.6) is 17.2 Å². The maximum Gasteiger partial charge on any atom is 0.308 e. The van der Waals surface area contributed by atoms with E-state index in [0.717, 1.165) is 29.9 Å². The Hall–Kier alpha value is -4.12. The van der Waals surface area contributed by atoms with Gasteiger partial charge in [0.2, 0.25) is 18.4 Å². The predicted octanol–water partition coefficient (Wildman–Crippen LogP) is 3.49. The summed E-state index contributed by atoms with van der Waals surface area (Å²) in [5.41, 5.74) is 1.52. The summed E-state index contributed by atoms with van der Waals surface area (Å²) in [6.07, 6.45) is 9.90. The number of carboxylic acid groups (broad SMARTS) is 1. The smallest absolute Gasteiger partial charge is 0.308 e. The van der Waals surface area contributed by atoms with Gasteiger partial charge in [-0.2, -0.15) is 0 Å². The third-order valence-corrected chi connectivity index (χ3v) is 8.06. The number of anilines is 1. The van der Waals surface area contributed by atoms with Gasteiger partial charge in [-0.15, -0.1) is 0 Å². The Morgan fingerprint density at radius 1 is 1.24 bits per heavy atom. The van der Waals surface area contributed by atoms with Gasteiger partial charge in [-0.05, 0) is 42.7 Å². The third-order valence-electron chi connectivity index (χ3n) is 8.06. The number of methoxy groups -OCH3 is 1. The molecule has 0 aliphatic carbocycles. The zero-order chi connectivity index (χ0) is 28.9. The number of aliphatic carboxylic acids is 1. The number of aromatic nitrogens is 3. The molecule has 41 heavy (non-hydrogen) atoms. The Bertz CT molecular complexity index is 1360. The zero-order valence-electron chi connectivity index (χ0n) is 23.7. The van der Waals surface area contributed by atoms with Crippen LogP contribution in [0.1, 0.15) is 43.5 Å². The molecule has 218 valence electrons. The number of unbranched alkanes of at least 4 members (excludes halogenated alkanes) is 1. The summed E-state index contributed by atoms with van der Waals surface area (Å²) in [7, 11) is 3.47. The Morgan fingerprint density at radius 3 is 2.78 bits per heavy atom. The molecule has 0 spiro atoms. The van der Waals surface area contributed by atoms with Gasteiger partial charge in [0, 0.05) is 57.1 Å². The van der Waals surface area contributed by atoms with Crippen molar-refractivity contribution in [3.05, 3.63) is 60.4 Å². The van der Waals surface area contributed by atoms with Crippen molar-refractivity contribution in [3.63, 3.8) is 0 Å². The number of amides is 1. The van der Waals surface area contributed by atoms with Gasteiger partial charge in [0.05, 0.1) is 31.5 Å². The number of benzene rings is 1. The molecule has 4 heterocycles. The predicted molar refractivity (Wildman–Crippen MR) is 151 cm³/mol. The van der Waals surface area contributed by atoms with Crippen LogP contribution >= 0.6 is 0 Å². The lowest BCUT2D eigenvalue weighted by atomic mass is 9.83. The molecule has 11 nitrogen and oxygen atoms in total. The van der Waals surface area contributed by atoms with Crippen LogP contribution in [0.4, 0.5) is 5.69 Å². The van der Waals surface area contributed by atoms with Crippen LogP contribution in [0.15, 0.2) is 49.1 Å². The van der Waals surface area contributed by atoms with Crippen molar-refractivity contribution in [3.8, 4) is 17.2 Å². The van der Waals surface area contributed by atoms with E-state index in [4.69, 9.17) is 14.2 Å². The number of carbonyl (C=O) groups excluding carboxylic acids is 1. The molecule has 1 saturated heterocycles. The molecule has 2 aliphatic rings. The first-order valence-electron chi connectivity index (χ1n) is 14.0. The van der Waals surface area contributed by atoms with Crippen molar-refractivity contribution in [1.29, 1.82) is 0 Å². The SMILES string of the molecule is CCCCN(C(=O)CN1CC(c2cc(OC)c3c(c2)OCO3)C(C(=O)O)C1CCc1nccn1C)c1cccnc1. The van der Waals surface area contributed by atoms with Crippen molar-refractivity contribution in [2.45, 2.75) is 44.6 Å². The zero-order valence-corrected chi connectivity index (χ0v) is 23.7. The number of ether oxygens (including phenoxy) is 3. The van der Waals surface area contributed by atoms with Gasteiger partial charge in [0.15, 0.2) is 11.5 Å². The normalized spacial score (nSPS) is 19.8. The number of carbonyl (C=O) groups is 2. The standard InChI is InChI=1S/C30H37N5O6/c1-4-5-12-35(21-7-6-10-31-16-21)27(36)18-34-17-22(20-14-24(39-3)29-25(15-20)40-19-41-29)28(30(37)38)23(34)8-9-26-32-11-13-33(26)2/h6-7,10-11,13-16,22-23,28H,4-5,8-9,12,17-19H2,1-3H3,(H,37,38). The molecule has 11 heteroatoms. The van der Waals surface area contributed by atoms with E-state index in [2.05, 4.69) is 16.9 Å². The van der Waals surface area contributed by atoms with Crippen molar-refractivity contribution in [2.24, 2.45) is 13.0 Å². The summed E-state index contributed by atoms with van der Waals surface area (Å²) in [4.78, 5) is 39.2. The summed E-state index contributed by atoms with van der Waals surface area (Å²) >= 11 is 0. The van der Waals surface area contributed by atoms with E-state index < -0.39 is 23.8 Å². The maximum absolute atomic E-state index is 13.8. The van der Waals surface area contributed by atoms with Crippen LogP contribution in [0.3, 0.4) is 0 Å². The van der Waals surface area contributed by atoms with Crippen molar-refractivity contribution in [2.75, 3.05) is 38.4 Å². The van der Waals surface area contributed by atoms with Gasteiger partial charge in [-0.3, -0.25) is 19.5 Å². The highest BCUT2D eigenvalue weighted by molar-refractivity contribution is 5.94. The summed E-state index contributed by atoms with van der Waals surface area (Å²) < 4.78 is 18.7. The molecular formula is C30H37N5O6. The van der Waals surface area contributed by atoms with Gasteiger partial charge in [0.1, 0.15) is 5.82 Å². The lowest BCUT2D eigenvalue weighted by molar-refractivity contribution is -0.143. The topological polar surface area (TPSA) is 119 Å². The molecule has 1 N–H and O–H groups in total. The fourth-order valence-corrected chi connectivity index (χ4v) is 5.96. The van der Waals surface area contributed by atoms with E-state index in [9.17, 15) is 14.7 Å². The minimum atomic E-state index is -0.901. The van der Waals surface area contributed by atoms with Crippen LogP contribution in [-0.4, -0.2) is 76.0 Å². The number of carboxylic acids is 1. The van der Waals surface area contributed by atoms with Gasteiger partial charge in [0.25, 0.3) is 0 Å². The van der Waals surface area contributed by atoms with E-state index in [1.165, 1.54) is 0 Å². The lowest BCUT2D eigenvalue weighted by Crippen LogP contribution is -2.44. The fraction of sp³-hybridized carbons (Fsp3) is 0.467. The number of hydrogen-bond donors (Lipinski definition) is 1. The largest absolute Gasteiger partial charge is 0.493 e. The molecule has 3 atom stereocenters. The molecule has 0 saturated carbocycles. The van der Waals surface area contributed by atoms with E-state index in [-0.39, 0.29) is 19.2 Å². The van der Waals surface area contributed by atoms with E-state index in [0.29, 0.717) is 43.2 Å². The number of hydrogen-bond acceptors (Lipinski definition) is 8. The van der Waals surface area contributed by atoms with E-state index >= 15 is 0 Å². The Kier molecular flexibility index (Phi) is 8.72. The molecule has 1 amide bonds. The average molecular weight is 564 g/mol. The first-order valence-corrected chi connectivity index (χ1v) is 14.0. The highest BCUT2D eigenvalue weighted by Crippen LogP contribution is 2.47. The van der Waals surface area contributed by atoms with Crippen LogP contribution in [0.25, 0.3) is 0 Å². The molecule has 1 fully saturated rings. The van der Waals surface area contributed by atoms with Crippen molar-refractivity contribution >= 4 is 17.6 Å². The minimum Gasteiger partial charge on any atom is -0.493 e. The Morgan fingerprint density at radius 2 is 2.10 bits per heavy atom. The quantitative estimate of drug-likeness (QED) is 0.353. The number of imidazole rings is 1. The Labute approximate surface area is 239 Å². The van der Waals surface area contributed by atoms with Gasteiger partial charge >= 0.3 is 5.97 Å². The van der Waals surface area contributed by atoms with Gasteiger partial charge < -0.3 is 28.8 Å². The highest BCUT2D eigenvalue weighted by Gasteiger charge is 2.47. The third kappa shape index (κ3) is 6.00. The maximum atomic E-state index is 13.8. The molecule has 1 aromatic carbocycles. The molecule has 2 aromatic heterocycles. The number of likely N-dealkylation sites (tertiary alicyclic amines) is 1. The van der Waals surface area contributed by atoms with E-state index in [1.54, 1.807) is 30.6 Å². The fourth-order valence-electron chi connectivity index (χ4n) is 5.96. The lowest BCUT2D eigenvalue weighted by Gasteiger charge is -2.29. The molecule has 0 radical (unpaired) electrons. The van der Waals surface area contributed by atoms with Crippen LogP contribution in [0, 0.1) is 5.92 Å². The summed E-state index contributed by atoms with van der Waals surface area (Å²) in [5, 5.41) is 10.6. The van der Waals surface area contributed by atoms with Crippen LogP contribution < -0.4 is 19.1 Å². The molecule has 3 unspecified atom stereocenters. The summed E-state index contributed by atoms with van der Waals surface area (Å²) in [6.45, 7) is 3.22. The Balaban J connectivity index is 1.47. The first-order chi connectivity index (χ1) is 19.9. The molecule has 3 aromatic rings. The number of pyridine rings is 1. The first kappa shape index (κ1) is 28.4. The highest BCUT2D eigenvalue weighted by atomic mass is 16.7. The monoisotopic (exact) mass is 563 g/mol. The molecule has 2 aliphatic heterocycles. The van der Waals surface area contributed by atoms with Crippen molar-refractivity contribution in [1.82, 2.24) is 19.4 Å². The van der Waals surface area contributed by atoms with E-state index in [1.807, 2.05) is 47.0 Å². The van der Waals surface area contributed by atoms with Gasteiger partial charge in [-0.1, -0.05) is 13.3 Å². The average Bonchev–Trinajstić information content (AvgIpc) is 3.70. The summed E-state index contributed by atoms with van der Waals surface area (Å²) in [6, 6.07) is 6.98. The number of nitrogens with zero attached hydrogens (tertiary/aromatic N) is 5. The second kappa shape index (κ2) is 12.6. The molecule has 0 bridgehead atoms. The van der Waals surface area contributed by atoms with Gasteiger partial charge in [-0.25, -0.2) is 4.98 Å². The second-order valence-corrected chi connectivity index (χ2v) is 10.5. The minimum absolute atomic E-state index is 0.0804. The van der Waals surface area contributed by atoms with Crippen LogP contribution in [-0.2, 0) is 23.1 Å². The van der Waals surface area contributed by atoms with Crippen LogP contribution in [0.2, 0.25) is 0 Å². The number of rotatable bonds is 12. The summed E-state index contributed by atoms with van der Waals surface area (Å²) in [5.74, 6) is 0.290. The second-order valence-electron chi connectivity index (χ2n) is 10.5. The molecular weight excluding hydrogens is 526 g/mol. The molecule has 5 rings (SSSR count). The number of fused-ring (bicyclic) bond motifs is 1. The van der Waals surface area contributed by atoms with Crippen molar-refractivity contribution < 1.29 is 28.9 Å².